The van der Waals surface area contributed by atoms with Crippen molar-refractivity contribution in [2.75, 3.05) is 19.0 Å². The third-order valence-corrected chi connectivity index (χ3v) is 2.74. The number of primary amides is 1. The molecule has 0 radical (unpaired) electrons. The van der Waals surface area contributed by atoms with Crippen molar-refractivity contribution in [1.82, 2.24) is 0 Å². The fourth-order valence-electron chi connectivity index (χ4n) is 1.57. The molecule has 100 valence electrons. The molecular formula is C13H19FN2O2. The summed E-state index contributed by atoms with van der Waals surface area (Å²) in [4.78, 5) is 11.1. The van der Waals surface area contributed by atoms with Crippen LogP contribution in [0.1, 0.15) is 24.2 Å². The molecule has 0 aliphatic heterocycles. The number of hydrogen-bond acceptors (Lipinski definition) is 3. The summed E-state index contributed by atoms with van der Waals surface area (Å²) >= 11 is 0. The molecular weight excluding hydrogens is 235 g/mol. The second-order valence-electron chi connectivity index (χ2n) is 4.51. The zero-order valence-electron chi connectivity index (χ0n) is 10.9. The van der Waals surface area contributed by atoms with E-state index in [0.717, 1.165) is 0 Å². The van der Waals surface area contributed by atoms with Crippen LogP contribution in [0.2, 0.25) is 0 Å². The van der Waals surface area contributed by atoms with Crippen molar-refractivity contribution in [2.45, 2.75) is 19.9 Å². The number of carbonyl (C=O) groups excluding carboxylic acids is 1. The molecule has 0 aromatic heterocycles. The number of ether oxygens (including phenoxy) is 1. The van der Waals surface area contributed by atoms with Gasteiger partial charge in [-0.3, -0.25) is 4.79 Å². The second-order valence-corrected chi connectivity index (χ2v) is 4.51. The predicted octanol–water partition coefficient (Wildman–Crippen LogP) is 2.01. The molecule has 0 aliphatic rings. The Morgan fingerprint density at radius 3 is 2.67 bits per heavy atom. The molecule has 1 unspecified atom stereocenters. The van der Waals surface area contributed by atoms with E-state index in [1.165, 1.54) is 18.2 Å². The van der Waals surface area contributed by atoms with E-state index in [9.17, 15) is 9.18 Å². The van der Waals surface area contributed by atoms with Gasteiger partial charge in [-0.1, -0.05) is 13.8 Å². The summed E-state index contributed by atoms with van der Waals surface area (Å²) < 4.78 is 18.7. The van der Waals surface area contributed by atoms with E-state index >= 15 is 0 Å². The molecule has 1 aromatic carbocycles. The van der Waals surface area contributed by atoms with Gasteiger partial charge < -0.3 is 15.8 Å². The van der Waals surface area contributed by atoms with Crippen molar-refractivity contribution < 1.29 is 13.9 Å². The number of anilines is 1. The molecule has 5 heteroatoms. The Balaban J connectivity index is 2.93. The molecule has 0 aliphatic carbocycles. The zero-order valence-corrected chi connectivity index (χ0v) is 10.9. The minimum Gasteiger partial charge on any atom is -0.383 e. The highest BCUT2D eigenvalue weighted by Crippen LogP contribution is 2.19. The molecule has 0 fully saturated rings. The minimum absolute atomic E-state index is 0.0346. The van der Waals surface area contributed by atoms with E-state index in [1.54, 1.807) is 7.11 Å². The van der Waals surface area contributed by atoms with Crippen LogP contribution in [0.3, 0.4) is 0 Å². The highest BCUT2D eigenvalue weighted by atomic mass is 19.1. The molecule has 3 N–H and O–H groups in total. The number of carbonyl (C=O) groups is 1. The molecule has 4 nitrogen and oxygen atoms in total. The quantitative estimate of drug-likeness (QED) is 0.816. The molecule has 0 heterocycles. The Hall–Kier alpha value is -1.62. The number of rotatable bonds is 6. The van der Waals surface area contributed by atoms with Gasteiger partial charge in [0.25, 0.3) is 0 Å². The lowest BCUT2D eigenvalue weighted by Gasteiger charge is -2.23. The smallest absolute Gasteiger partial charge is 0.248 e. The molecule has 0 saturated heterocycles. The van der Waals surface area contributed by atoms with Crippen molar-refractivity contribution in [1.29, 1.82) is 0 Å². The van der Waals surface area contributed by atoms with Gasteiger partial charge in [-0.05, 0) is 24.1 Å². The van der Waals surface area contributed by atoms with Gasteiger partial charge >= 0.3 is 0 Å². The van der Waals surface area contributed by atoms with Crippen LogP contribution in [-0.2, 0) is 4.74 Å². The first-order valence-electron chi connectivity index (χ1n) is 5.80. The molecule has 18 heavy (non-hydrogen) atoms. The average Bonchev–Trinajstić information content (AvgIpc) is 2.30. The van der Waals surface area contributed by atoms with Crippen LogP contribution in [0.25, 0.3) is 0 Å². The summed E-state index contributed by atoms with van der Waals surface area (Å²) in [6.07, 6.45) is 0. The molecule has 0 saturated carbocycles. The van der Waals surface area contributed by atoms with Crippen LogP contribution in [-0.4, -0.2) is 25.7 Å². The molecule has 1 atom stereocenters. The van der Waals surface area contributed by atoms with Gasteiger partial charge in [-0.25, -0.2) is 4.39 Å². The van der Waals surface area contributed by atoms with Crippen molar-refractivity contribution in [3.8, 4) is 0 Å². The zero-order chi connectivity index (χ0) is 13.7. The van der Waals surface area contributed by atoms with Gasteiger partial charge in [-0.15, -0.1) is 0 Å². The van der Waals surface area contributed by atoms with Crippen molar-refractivity contribution in [3.63, 3.8) is 0 Å². The maximum Gasteiger partial charge on any atom is 0.248 e. The van der Waals surface area contributed by atoms with Crippen LogP contribution in [0, 0.1) is 11.7 Å². The molecule has 0 spiro atoms. The number of methoxy groups -OCH3 is 1. The van der Waals surface area contributed by atoms with Gasteiger partial charge in [0, 0.05) is 12.7 Å². The van der Waals surface area contributed by atoms with Crippen LogP contribution < -0.4 is 11.1 Å². The van der Waals surface area contributed by atoms with E-state index in [1.807, 2.05) is 13.8 Å². The van der Waals surface area contributed by atoms with Gasteiger partial charge in [0.15, 0.2) is 0 Å². The van der Waals surface area contributed by atoms with Gasteiger partial charge in [-0.2, -0.15) is 0 Å². The lowest BCUT2D eigenvalue weighted by atomic mass is 10.0. The first-order valence-corrected chi connectivity index (χ1v) is 5.80. The van der Waals surface area contributed by atoms with Crippen LogP contribution in [0.5, 0.6) is 0 Å². The van der Waals surface area contributed by atoms with Crippen LogP contribution in [0.4, 0.5) is 10.1 Å². The monoisotopic (exact) mass is 254 g/mol. The Bertz CT molecular complexity index is 421. The molecule has 0 bridgehead atoms. The number of nitrogens with two attached hydrogens (primary N) is 1. The first-order chi connectivity index (χ1) is 8.45. The third-order valence-electron chi connectivity index (χ3n) is 2.74. The molecule has 1 amide bonds. The fraction of sp³-hybridized carbons (Fsp3) is 0.462. The second kappa shape index (κ2) is 6.35. The average molecular weight is 254 g/mol. The summed E-state index contributed by atoms with van der Waals surface area (Å²) in [5, 5.41) is 3.04. The van der Waals surface area contributed by atoms with Crippen LogP contribution in [0.15, 0.2) is 18.2 Å². The van der Waals surface area contributed by atoms with E-state index in [4.69, 9.17) is 10.5 Å². The predicted molar refractivity (Wildman–Crippen MR) is 69.0 cm³/mol. The maximum atomic E-state index is 13.6. The van der Waals surface area contributed by atoms with E-state index in [2.05, 4.69) is 5.32 Å². The lowest BCUT2D eigenvalue weighted by molar-refractivity contribution is 0.100. The minimum atomic E-state index is -0.578. The van der Waals surface area contributed by atoms with E-state index < -0.39 is 11.7 Å². The number of benzene rings is 1. The SMILES string of the molecule is COCC(Nc1cc(C(N)=O)ccc1F)C(C)C. The number of amides is 1. The number of hydrogen-bond donors (Lipinski definition) is 2. The summed E-state index contributed by atoms with van der Waals surface area (Å²) in [6.45, 7) is 4.47. The normalized spacial score (nSPS) is 12.5. The number of nitrogens with one attached hydrogen (secondary N) is 1. The Labute approximate surface area is 106 Å². The summed E-state index contributed by atoms with van der Waals surface area (Å²) in [6, 6.07) is 3.98. The Kier molecular flexibility index (Phi) is 5.09. The van der Waals surface area contributed by atoms with Gasteiger partial charge in [0.2, 0.25) is 5.91 Å². The first kappa shape index (κ1) is 14.4. The largest absolute Gasteiger partial charge is 0.383 e. The third kappa shape index (κ3) is 3.70. The highest BCUT2D eigenvalue weighted by molar-refractivity contribution is 5.93. The standard InChI is InChI=1S/C13H19FN2O2/c1-8(2)12(7-18-3)16-11-6-9(13(15)17)4-5-10(11)14/h4-6,8,12,16H,7H2,1-3H3,(H2,15,17). The van der Waals surface area contributed by atoms with Crippen molar-refractivity contribution in [3.05, 3.63) is 29.6 Å². The van der Waals surface area contributed by atoms with Crippen molar-refractivity contribution in [2.24, 2.45) is 11.7 Å². The maximum absolute atomic E-state index is 13.6. The van der Waals surface area contributed by atoms with E-state index in [-0.39, 0.29) is 23.2 Å². The molecule has 1 rings (SSSR count). The topological polar surface area (TPSA) is 64.3 Å². The fourth-order valence-corrected chi connectivity index (χ4v) is 1.57. The van der Waals surface area contributed by atoms with Gasteiger partial charge in [0.1, 0.15) is 5.82 Å². The highest BCUT2D eigenvalue weighted by Gasteiger charge is 2.15. The lowest BCUT2D eigenvalue weighted by Crippen LogP contribution is -2.31. The van der Waals surface area contributed by atoms with Gasteiger partial charge in [0.05, 0.1) is 18.3 Å². The Morgan fingerprint density at radius 2 is 2.17 bits per heavy atom. The van der Waals surface area contributed by atoms with Crippen LogP contribution >= 0.6 is 0 Å². The number of halogens is 1. The molecule has 1 aromatic rings. The Morgan fingerprint density at radius 1 is 1.50 bits per heavy atom. The summed E-state index contributed by atoms with van der Waals surface area (Å²) in [5.74, 6) is -0.728. The van der Waals surface area contributed by atoms with E-state index in [0.29, 0.717) is 6.61 Å². The summed E-state index contributed by atoms with van der Waals surface area (Å²) in [5.41, 5.74) is 5.71. The van der Waals surface area contributed by atoms with Crippen molar-refractivity contribution >= 4 is 11.6 Å². The summed E-state index contributed by atoms with van der Waals surface area (Å²) in [7, 11) is 1.59.